The van der Waals surface area contributed by atoms with Crippen LogP contribution in [0.5, 0.6) is 5.75 Å². The first kappa shape index (κ1) is 16.7. The molecule has 0 atom stereocenters. The third kappa shape index (κ3) is 4.99. The molecule has 0 aromatic heterocycles. The van der Waals surface area contributed by atoms with Gasteiger partial charge in [0.2, 0.25) is 5.91 Å². The Balaban J connectivity index is 2.47. The molecule has 0 aliphatic rings. The second-order valence-electron chi connectivity index (χ2n) is 4.02. The Kier molecular flexibility index (Phi) is 6.76. The Hall–Kier alpha value is -1.32. The van der Waals surface area contributed by atoms with Gasteiger partial charge in [-0.1, -0.05) is 11.6 Å². The normalized spacial score (nSPS) is 9.95. The summed E-state index contributed by atoms with van der Waals surface area (Å²) in [4.78, 5) is 13.1. The molecular weight excluding hydrogens is 351 g/mol. The number of rotatable bonds is 6. The monoisotopic (exact) mass is 362 g/mol. The minimum absolute atomic E-state index is 0.00321. The van der Waals surface area contributed by atoms with Crippen LogP contribution in [0, 0.1) is 17.1 Å². The van der Waals surface area contributed by atoms with Crippen LogP contribution >= 0.6 is 27.5 Å². The van der Waals surface area contributed by atoms with E-state index in [4.69, 9.17) is 21.6 Å². The van der Waals surface area contributed by atoms with Crippen LogP contribution in [-0.2, 0) is 4.79 Å². The van der Waals surface area contributed by atoms with E-state index in [1.54, 1.807) is 7.05 Å². The standard InChI is InChI=1S/C13H13BrClFN2O2/c1-18(5-2-4-17)13(19)3-6-20-12-8-11(16)10(15)7-9(12)14/h7-8H,2-3,5-6H2,1H3. The van der Waals surface area contributed by atoms with Gasteiger partial charge in [-0.15, -0.1) is 0 Å². The average Bonchev–Trinajstić information content (AvgIpc) is 2.41. The van der Waals surface area contributed by atoms with Crippen LogP contribution in [0.4, 0.5) is 4.39 Å². The van der Waals surface area contributed by atoms with E-state index in [0.29, 0.717) is 16.8 Å². The molecule has 0 heterocycles. The van der Waals surface area contributed by atoms with Gasteiger partial charge in [0.25, 0.3) is 0 Å². The first-order valence-corrected chi connectivity index (χ1v) is 7.01. The van der Waals surface area contributed by atoms with Gasteiger partial charge in [-0.2, -0.15) is 5.26 Å². The first-order valence-electron chi connectivity index (χ1n) is 5.84. The van der Waals surface area contributed by atoms with Gasteiger partial charge in [-0.25, -0.2) is 4.39 Å². The predicted molar refractivity (Wildman–Crippen MR) is 77.1 cm³/mol. The Morgan fingerprint density at radius 3 is 2.95 bits per heavy atom. The zero-order valence-electron chi connectivity index (χ0n) is 10.8. The van der Waals surface area contributed by atoms with Crippen LogP contribution in [0.15, 0.2) is 16.6 Å². The topological polar surface area (TPSA) is 53.3 Å². The molecule has 1 aromatic rings. The maximum absolute atomic E-state index is 13.3. The molecular formula is C13H13BrClFN2O2. The van der Waals surface area contributed by atoms with E-state index in [2.05, 4.69) is 15.9 Å². The van der Waals surface area contributed by atoms with Crippen molar-refractivity contribution in [1.29, 1.82) is 5.26 Å². The fourth-order valence-electron chi connectivity index (χ4n) is 1.40. The van der Waals surface area contributed by atoms with Crippen molar-refractivity contribution in [3.63, 3.8) is 0 Å². The van der Waals surface area contributed by atoms with Crippen molar-refractivity contribution in [2.24, 2.45) is 0 Å². The molecule has 1 rings (SSSR count). The molecule has 0 aliphatic carbocycles. The molecule has 1 aromatic carbocycles. The molecule has 7 heteroatoms. The lowest BCUT2D eigenvalue weighted by atomic mass is 10.3. The second kappa shape index (κ2) is 8.08. The number of benzene rings is 1. The molecule has 0 bridgehead atoms. The van der Waals surface area contributed by atoms with Crippen molar-refractivity contribution in [2.45, 2.75) is 12.8 Å². The molecule has 0 aliphatic heterocycles. The average molecular weight is 364 g/mol. The van der Waals surface area contributed by atoms with Crippen molar-refractivity contribution in [1.82, 2.24) is 4.90 Å². The van der Waals surface area contributed by atoms with Crippen molar-refractivity contribution in [3.05, 3.63) is 27.4 Å². The van der Waals surface area contributed by atoms with Crippen LogP contribution in [-0.4, -0.2) is 31.0 Å². The van der Waals surface area contributed by atoms with Gasteiger partial charge in [-0.3, -0.25) is 4.79 Å². The smallest absolute Gasteiger partial charge is 0.225 e. The zero-order chi connectivity index (χ0) is 15.1. The summed E-state index contributed by atoms with van der Waals surface area (Å²) in [5, 5.41) is 8.43. The molecule has 4 nitrogen and oxygen atoms in total. The highest BCUT2D eigenvalue weighted by atomic mass is 79.9. The maximum Gasteiger partial charge on any atom is 0.225 e. The largest absolute Gasteiger partial charge is 0.492 e. The van der Waals surface area contributed by atoms with Gasteiger partial charge in [-0.05, 0) is 22.0 Å². The molecule has 20 heavy (non-hydrogen) atoms. The van der Waals surface area contributed by atoms with Crippen molar-refractivity contribution < 1.29 is 13.9 Å². The zero-order valence-corrected chi connectivity index (χ0v) is 13.2. The van der Waals surface area contributed by atoms with Crippen molar-refractivity contribution >= 4 is 33.4 Å². The van der Waals surface area contributed by atoms with Gasteiger partial charge in [0.15, 0.2) is 0 Å². The Labute approximate surface area is 130 Å². The van der Waals surface area contributed by atoms with E-state index < -0.39 is 5.82 Å². The maximum atomic E-state index is 13.3. The number of carbonyl (C=O) groups is 1. The van der Waals surface area contributed by atoms with Gasteiger partial charge >= 0.3 is 0 Å². The quantitative estimate of drug-likeness (QED) is 0.728. The highest BCUT2D eigenvalue weighted by Crippen LogP contribution is 2.30. The number of hydrogen-bond donors (Lipinski definition) is 0. The summed E-state index contributed by atoms with van der Waals surface area (Å²) in [5.41, 5.74) is 0. The second-order valence-corrected chi connectivity index (χ2v) is 5.28. The van der Waals surface area contributed by atoms with E-state index in [0.717, 1.165) is 6.07 Å². The fraction of sp³-hybridized carbons (Fsp3) is 0.385. The number of hydrogen-bond acceptors (Lipinski definition) is 3. The first-order chi connectivity index (χ1) is 9.45. The summed E-state index contributed by atoms with van der Waals surface area (Å²) in [7, 11) is 1.62. The lowest BCUT2D eigenvalue weighted by molar-refractivity contribution is -0.130. The highest BCUT2D eigenvalue weighted by Gasteiger charge is 2.11. The molecule has 0 N–H and O–H groups in total. The lowest BCUT2D eigenvalue weighted by Gasteiger charge is -2.15. The molecule has 0 spiro atoms. The SMILES string of the molecule is CN(CCC#N)C(=O)CCOc1cc(F)c(Cl)cc1Br. The van der Waals surface area contributed by atoms with E-state index in [1.165, 1.54) is 11.0 Å². The Morgan fingerprint density at radius 2 is 2.30 bits per heavy atom. The van der Waals surface area contributed by atoms with Gasteiger partial charge in [0, 0.05) is 19.7 Å². The minimum atomic E-state index is -0.581. The molecule has 0 saturated carbocycles. The fourth-order valence-corrected chi connectivity index (χ4v) is 2.15. The van der Waals surface area contributed by atoms with Crippen LogP contribution < -0.4 is 4.74 Å². The molecule has 0 fully saturated rings. The minimum Gasteiger partial charge on any atom is -0.492 e. The summed E-state index contributed by atoms with van der Waals surface area (Å²) in [5.74, 6) is -0.424. The van der Waals surface area contributed by atoms with E-state index in [-0.39, 0.29) is 30.4 Å². The molecule has 0 saturated heterocycles. The van der Waals surface area contributed by atoms with Gasteiger partial charge < -0.3 is 9.64 Å². The van der Waals surface area contributed by atoms with E-state index in [1.807, 2.05) is 6.07 Å². The lowest BCUT2D eigenvalue weighted by Crippen LogP contribution is -2.28. The van der Waals surface area contributed by atoms with Gasteiger partial charge in [0.1, 0.15) is 11.6 Å². The Bertz CT molecular complexity index is 534. The Morgan fingerprint density at radius 1 is 1.60 bits per heavy atom. The van der Waals surface area contributed by atoms with Crippen molar-refractivity contribution in [3.8, 4) is 11.8 Å². The summed E-state index contributed by atoms with van der Waals surface area (Å²) in [6.45, 7) is 0.504. The predicted octanol–water partition coefficient (Wildman–Crippen LogP) is 3.38. The van der Waals surface area contributed by atoms with Crippen molar-refractivity contribution in [2.75, 3.05) is 20.2 Å². The summed E-state index contributed by atoms with van der Waals surface area (Å²) in [6, 6.07) is 4.53. The number of nitrogens with zero attached hydrogens (tertiary/aromatic N) is 2. The third-order valence-corrected chi connectivity index (χ3v) is 3.44. The number of amides is 1. The number of nitriles is 1. The molecule has 1 amide bonds. The summed E-state index contributed by atoms with van der Waals surface area (Å²) in [6.07, 6.45) is 0.440. The van der Waals surface area contributed by atoms with E-state index in [9.17, 15) is 9.18 Å². The molecule has 108 valence electrons. The van der Waals surface area contributed by atoms with Crippen LogP contribution in [0.1, 0.15) is 12.8 Å². The molecule has 0 radical (unpaired) electrons. The number of ether oxygens (including phenoxy) is 1. The molecule has 0 unspecified atom stereocenters. The van der Waals surface area contributed by atoms with Crippen LogP contribution in [0.25, 0.3) is 0 Å². The van der Waals surface area contributed by atoms with E-state index >= 15 is 0 Å². The number of carbonyl (C=O) groups excluding carboxylic acids is 1. The number of halogens is 3. The van der Waals surface area contributed by atoms with Crippen LogP contribution in [0.2, 0.25) is 5.02 Å². The summed E-state index contributed by atoms with van der Waals surface area (Å²) < 4.78 is 19.1. The summed E-state index contributed by atoms with van der Waals surface area (Å²) >= 11 is 8.82. The third-order valence-electron chi connectivity index (χ3n) is 2.53. The van der Waals surface area contributed by atoms with Gasteiger partial charge in [0.05, 0.1) is 35.0 Å². The van der Waals surface area contributed by atoms with Crippen LogP contribution in [0.3, 0.4) is 0 Å². The highest BCUT2D eigenvalue weighted by molar-refractivity contribution is 9.10.